The van der Waals surface area contributed by atoms with Crippen LogP contribution in [0.5, 0.6) is 5.75 Å². The second kappa shape index (κ2) is 8.50. The monoisotopic (exact) mass is 483 g/mol. The maximum atomic E-state index is 12.7. The highest BCUT2D eigenvalue weighted by molar-refractivity contribution is 9.10. The summed E-state index contributed by atoms with van der Waals surface area (Å²) in [6, 6.07) is 16.6. The number of halogens is 2. The Morgan fingerprint density at radius 1 is 1.20 bits per heavy atom. The lowest BCUT2D eigenvalue weighted by Gasteiger charge is -2.09. The molecule has 0 radical (unpaired) electrons. The topological polar surface area (TPSA) is 67.0 Å². The van der Waals surface area contributed by atoms with Crippen LogP contribution in [-0.4, -0.2) is 22.5 Å². The molecule has 0 aliphatic heterocycles. The molecule has 0 saturated carbocycles. The number of aromatic nitrogens is 2. The summed E-state index contributed by atoms with van der Waals surface area (Å²) in [5.41, 5.74) is 4.78. The zero-order valence-corrected chi connectivity index (χ0v) is 18.8. The average Bonchev–Trinajstić information content (AvgIpc) is 3.13. The molecule has 30 heavy (non-hydrogen) atoms. The van der Waals surface area contributed by atoms with Crippen LogP contribution in [0.2, 0.25) is 5.02 Å². The molecule has 4 aromatic rings. The van der Waals surface area contributed by atoms with Gasteiger partial charge in [0, 0.05) is 21.8 Å². The van der Waals surface area contributed by atoms with Crippen LogP contribution in [0.15, 0.2) is 59.1 Å². The number of amides is 1. The molecule has 2 N–H and O–H groups in total. The minimum atomic E-state index is -0.206. The first-order valence-corrected chi connectivity index (χ1v) is 10.6. The predicted molar refractivity (Wildman–Crippen MR) is 125 cm³/mol. The zero-order valence-electron chi connectivity index (χ0n) is 16.4. The van der Waals surface area contributed by atoms with Crippen LogP contribution in [0.1, 0.15) is 22.8 Å². The van der Waals surface area contributed by atoms with E-state index in [1.165, 1.54) is 0 Å². The van der Waals surface area contributed by atoms with Crippen LogP contribution < -0.4 is 10.1 Å². The van der Waals surface area contributed by atoms with E-state index in [1.807, 2.05) is 50.2 Å². The normalized spacial score (nSPS) is 10.9. The third kappa shape index (κ3) is 4.20. The zero-order chi connectivity index (χ0) is 21.3. The number of ether oxygens (including phenoxy) is 1. The number of rotatable bonds is 5. The molecule has 3 aromatic carbocycles. The van der Waals surface area contributed by atoms with Crippen molar-refractivity contribution in [2.24, 2.45) is 0 Å². The van der Waals surface area contributed by atoms with E-state index in [4.69, 9.17) is 16.3 Å². The van der Waals surface area contributed by atoms with Crippen LogP contribution >= 0.6 is 27.5 Å². The van der Waals surface area contributed by atoms with Crippen LogP contribution in [-0.2, 0) is 0 Å². The number of carbonyl (C=O) groups excluding carboxylic acids is 1. The van der Waals surface area contributed by atoms with Gasteiger partial charge in [-0.25, -0.2) is 4.98 Å². The number of H-pyrrole nitrogens is 1. The molecule has 1 heterocycles. The van der Waals surface area contributed by atoms with E-state index in [1.54, 1.807) is 18.2 Å². The maximum Gasteiger partial charge on any atom is 0.255 e. The van der Waals surface area contributed by atoms with E-state index >= 15 is 0 Å². The van der Waals surface area contributed by atoms with Crippen molar-refractivity contribution < 1.29 is 9.53 Å². The third-order valence-electron chi connectivity index (χ3n) is 4.65. The summed E-state index contributed by atoms with van der Waals surface area (Å²) < 4.78 is 6.23. The van der Waals surface area contributed by atoms with Crippen LogP contribution in [0.3, 0.4) is 0 Å². The van der Waals surface area contributed by atoms with Crippen LogP contribution in [0, 0.1) is 6.92 Å². The summed E-state index contributed by atoms with van der Waals surface area (Å²) >= 11 is 9.65. The number of nitrogens with one attached hydrogen (secondary N) is 2. The Morgan fingerprint density at radius 2 is 2.03 bits per heavy atom. The van der Waals surface area contributed by atoms with Gasteiger partial charge in [0.1, 0.15) is 11.6 Å². The Morgan fingerprint density at radius 3 is 2.80 bits per heavy atom. The molecule has 7 heteroatoms. The number of nitrogens with zero attached hydrogens (tertiary/aromatic N) is 1. The quantitative estimate of drug-likeness (QED) is 0.335. The largest absolute Gasteiger partial charge is 0.493 e. The van der Waals surface area contributed by atoms with E-state index < -0.39 is 0 Å². The Kier molecular flexibility index (Phi) is 5.79. The van der Waals surface area contributed by atoms with Gasteiger partial charge in [0.2, 0.25) is 0 Å². The van der Waals surface area contributed by atoms with Crippen molar-refractivity contribution in [3.63, 3.8) is 0 Å². The summed E-state index contributed by atoms with van der Waals surface area (Å²) in [4.78, 5) is 20.6. The fraction of sp³-hybridized carbons (Fsp3) is 0.130. The number of carbonyl (C=O) groups is 1. The molecule has 0 saturated heterocycles. The Hall–Kier alpha value is -2.83. The molecular formula is C23H19BrClN3O2. The lowest BCUT2D eigenvalue weighted by molar-refractivity contribution is 0.102. The fourth-order valence-corrected chi connectivity index (χ4v) is 3.79. The maximum absolute atomic E-state index is 12.7. The fourth-order valence-electron chi connectivity index (χ4n) is 3.14. The van der Waals surface area contributed by atoms with Gasteiger partial charge in [-0.15, -0.1) is 0 Å². The van der Waals surface area contributed by atoms with Crippen LogP contribution in [0.4, 0.5) is 5.69 Å². The van der Waals surface area contributed by atoms with E-state index in [0.717, 1.165) is 26.6 Å². The standard InChI is InChI=1S/C23H19BrClN3O2/c1-3-30-21-8-7-15(11-17(21)24)23(29)26-16-6-4-5-14(10-16)22-27-19-9-13(2)18(25)12-20(19)28-22/h4-12H,3H2,1-2H3,(H,26,29)(H,27,28). The van der Waals surface area contributed by atoms with Gasteiger partial charge in [0.25, 0.3) is 5.91 Å². The number of anilines is 1. The molecule has 0 bridgehead atoms. The molecule has 0 atom stereocenters. The van der Waals surface area contributed by atoms with Crippen molar-refractivity contribution in [2.75, 3.05) is 11.9 Å². The van der Waals surface area contributed by atoms with Crippen molar-refractivity contribution >= 4 is 50.2 Å². The van der Waals surface area contributed by atoms with Gasteiger partial charge in [0.15, 0.2) is 0 Å². The second-order valence-electron chi connectivity index (χ2n) is 6.82. The molecule has 1 amide bonds. The minimum absolute atomic E-state index is 0.206. The highest BCUT2D eigenvalue weighted by atomic mass is 79.9. The molecule has 5 nitrogen and oxygen atoms in total. The van der Waals surface area contributed by atoms with Gasteiger partial charge in [0.05, 0.1) is 22.1 Å². The molecule has 0 aliphatic rings. The molecule has 0 aliphatic carbocycles. The molecule has 4 rings (SSSR count). The molecular weight excluding hydrogens is 466 g/mol. The summed E-state index contributed by atoms with van der Waals surface area (Å²) in [6.45, 7) is 4.43. The highest BCUT2D eigenvalue weighted by Gasteiger charge is 2.12. The van der Waals surface area contributed by atoms with E-state index in [0.29, 0.717) is 34.5 Å². The molecule has 1 aromatic heterocycles. The second-order valence-corrected chi connectivity index (χ2v) is 8.08. The molecule has 152 valence electrons. The molecule has 0 unspecified atom stereocenters. The Labute approximate surface area is 187 Å². The van der Waals surface area contributed by atoms with Crippen molar-refractivity contribution in [1.29, 1.82) is 0 Å². The van der Waals surface area contributed by atoms with Gasteiger partial charge < -0.3 is 15.0 Å². The minimum Gasteiger partial charge on any atom is -0.493 e. The lowest BCUT2D eigenvalue weighted by Crippen LogP contribution is -2.12. The smallest absolute Gasteiger partial charge is 0.255 e. The Balaban J connectivity index is 1.58. The number of hydrogen-bond acceptors (Lipinski definition) is 3. The van der Waals surface area contributed by atoms with Gasteiger partial charge in [-0.1, -0.05) is 23.7 Å². The number of hydrogen-bond donors (Lipinski definition) is 2. The first kappa shape index (κ1) is 20.4. The number of fused-ring (bicyclic) bond motifs is 1. The summed E-state index contributed by atoms with van der Waals surface area (Å²) in [7, 11) is 0. The van der Waals surface area contributed by atoms with E-state index in [-0.39, 0.29) is 5.91 Å². The average molecular weight is 485 g/mol. The van der Waals surface area contributed by atoms with Crippen molar-refractivity contribution in [3.8, 4) is 17.1 Å². The number of aromatic amines is 1. The number of imidazole rings is 1. The molecule has 0 spiro atoms. The van der Waals surface area contributed by atoms with Gasteiger partial charge in [-0.05, 0) is 77.8 Å². The van der Waals surface area contributed by atoms with E-state index in [2.05, 4.69) is 31.2 Å². The number of benzene rings is 3. The SMILES string of the molecule is CCOc1ccc(C(=O)Nc2cccc(-c3nc4cc(Cl)c(C)cc4[nH]3)c2)cc1Br. The van der Waals surface area contributed by atoms with Crippen molar-refractivity contribution in [1.82, 2.24) is 9.97 Å². The summed E-state index contributed by atoms with van der Waals surface area (Å²) in [6.07, 6.45) is 0. The number of aryl methyl sites for hydroxylation is 1. The van der Waals surface area contributed by atoms with Gasteiger partial charge >= 0.3 is 0 Å². The van der Waals surface area contributed by atoms with Crippen molar-refractivity contribution in [2.45, 2.75) is 13.8 Å². The van der Waals surface area contributed by atoms with E-state index in [9.17, 15) is 4.79 Å². The molecule has 0 fully saturated rings. The summed E-state index contributed by atoms with van der Waals surface area (Å²) in [5.74, 6) is 1.21. The Bertz CT molecular complexity index is 1210. The summed E-state index contributed by atoms with van der Waals surface area (Å²) in [5, 5.41) is 3.62. The van der Waals surface area contributed by atoms with Crippen molar-refractivity contribution in [3.05, 3.63) is 75.2 Å². The highest BCUT2D eigenvalue weighted by Crippen LogP contribution is 2.28. The van der Waals surface area contributed by atoms with Gasteiger partial charge in [-0.3, -0.25) is 4.79 Å². The van der Waals surface area contributed by atoms with Gasteiger partial charge in [-0.2, -0.15) is 0 Å². The first-order valence-electron chi connectivity index (χ1n) is 9.44. The van der Waals surface area contributed by atoms with Crippen LogP contribution in [0.25, 0.3) is 22.4 Å². The lowest BCUT2D eigenvalue weighted by atomic mass is 10.1. The first-order chi connectivity index (χ1) is 14.4. The third-order valence-corrected chi connectivity index (χ3v) is 5.68. The predicted octanol–water partition coefficient (Wildman–Crippen LogP) is 6.61.